The lowest BCUT2D eigenvalue weighted by Gasteiger charge is -2.37. The molecule has 0 radical (unpaired) electrons. The number of nitrogens with zero attached hydrogens (tertiary/aromatic N) is 2. The van der Waals surface area contributed by atoms with E-state index in [1.165, 1.54) is 11.8 Å². The Kier molecular flexibility index (Phi) is 22.8. The molecular weight excluding hydrogens is 953 g/mol. The summed E-state index contributed by atoms with van der Waals surface area (Å²) < 4.78 is 55.8. The van der Waals surface area contributed by atoms with Gasteiger partial charge in [-0.2, -0.15) is 37.3 Å². The van der Waals surface area contributed by atoms with E-state index >= 15 is 0 Å². The third kappa shape index (κ3) is 20.8. The maximum absolute atomic E-state index is 14.8. The molecule has 25 heteroatoms. The molecule has 390 valence electrons. The number of aliphatic hydroxyl groups excluding tert-OH is 1. The van der Waals surface area contributed by atoms with Crippen LogP contribution >= 0.6 is 23.5 Å². The molecule has 2 aliphatic rings. The fourth-order valence-corrected chi connectivity index (χ4v) is 9.60. The molecule has 2 heterocycles. The summed E-state index contributed by atoms with van der Waals surface area (Å²) in [4.78, 5) is 103. The standard InChI is InChI=1S/C44H69F2N7O14S2/c1-41(2,3)25-66-43(7,8)15-11-32(55)50-26(23-68-29-9-10-30(29)69-24-27(52-42(4,5)6)38(61)49-16-12-33(56)63-20-19-54)37(60)48-17-13-34(57)65-22-35(58)64-21-28-36(59)44(45,46)39(67-28)53-18-14-31(47)51-40(53)62/h14,18-19,26-30,36,39,52,59H,9-13,15-17,20-25H2,1-8H3,(H,48,60)(H,49,61)(H,50,55)(H2,47,51,62)/t26?,27?,28-,29?,30?,36-,39-/m0/s1. The van der Waals surface area contributed by atoms with E-state index in [2.05, 4.69) is 26.3 Å². The first kappa shape index (κ1) is 58.9. The van der Waals surface area contributed by atoms with Crippen molar-refractivity contribution in [2.75, 3.05) is 56.8 Å². The summed E-state index contributed by atoms with van der Waals surface area (Å²) in [5.41, 5.74) is 3.13. The Labute approximate surface area is 408 Å². The van der Waals surface area contributed by atoms with E-state index in [-0.39, 0.29) is 71.8 Å². The van der Waals surface area contributed by atoms with Crippen molar-refractivity contribution in [2.24, 2.45) is 5.41 Å². The molecule has 7 N–H and O–H groups in total. The monoisotopic (exact) mass is 1020 g/mol. The molecule has 1 aromatic heterocycles. The van der Waals surface area contributed by atoms with E-state index in [0.717, 1.165) is 25.1 Å². The van der Waals surface area contributed by atoms with E-state index < -0.39 is 96.7 Å². The quantitative estimate of drug-likeness (QED) is 0.0393. The molecule has 0 bridgehead atoms. The Morgan fingerprint density at radius 2 is 1.49 bits per heavy atom. The van der Waals surface area contributed by atoms with Crippen LogP contribution < -0.4 is 32.7 Å². The maximum Gasteiger partial charge on any atom is 0.351 e. The second-order valence-electron chi connectivity index (χ2n) is 19.5. The van der Waals surface area contributed by atoms with Crippen molar-refractivity contribution in [3.05, 3.63) is 22.7 Å². The van der Waals surface area contributed by atoms with Gasteiger partial charge in [0.15, 0.2) is 19.0 Å². The molecule has 0 spiro atoms. The van der Waals surface area contributed by atoms with Gasteiger partial charge >= 0.3 is 29.5 Å². The number of hydrogen-bond donors (Lipinski definition) is 6. The second-order valence-corrected chi connectivity index (χ2v) is 22.0. The fraction of sp³-hybridized carbons (Fsp3) is 0.750. The molecule has 4 unspecified atom stereocenters. The highest BCUT2D eigenvalue weighted by Gasteiger charge is 2.60. The molecule has 3 rings (SSSR count). The number of nitrogens with two attached hydrogens (primary N) is 1. The van der Waals surface area contributed by atoms with Gasteiger partial charge in [-0.25, -0.2) is 9.59 Å². The molecule has 7 atom stereocenters. The Balaban J connectivity index is 1.54. The average Bonchev–Trinajstić information content (AvgIpc) is 3.47. The minimum absolute atomic E-state index is 0.0349. The first-order valence-electron chi connectivity index (χ1n) is 22.6. The predicted molar refractivity (Wildman–Crippen MR) is 251 cm³/mol. The number of esters is 3. The summed E-state index contributed by atoms with van der Waals surface area (Å²) in [6.07, 6.45) is -3.49. The minimum Gasteiger partial charge on any atom is -0.460 e. The van der Waals surface area contributed by atoms with Crippen LogP contribution in [0.1, 0.15) is 100 Å². The van der Waals surface area contributed by atoms with Crippen LogP contribution in [0.25, 0.3) is 0 Å². The SMILES string of the molecule is CC(C)(C)COC(C)(C)CCC(=O)NC(CSC1CCC1SCC(NC(C)(C)C)C(=O)NCCC(=O)OCC=O)C(=O)NCCC(=O)OCC(=O)OC[C@@H]1O[C@H](n2ccc(N)nc2=O)C(F)(F)[C@H]1O. The molecule has 2 fully saturated rings. The van der Waals surface area contributed by atoms with Crippen molar-refractivity contribution in [3.8, 4) is 0 Å². The minimum atomic E-state index is -3.98. The fourth-order valence-electron chi connectivity index (χ4n) is 6.47. The van der Waals surface area contributed by atoms with E-state index in [9.17, 15) is 52.2 Å². The summed E-state index contributed by atoms with van der Waals surface area (Å²) in [7, 11) is 0. The maximum atomic E-state index is 14.8. The number of amides is 3. The number of ether oxygens (including phenoxy) is 5. The van der Waals surface area contributed by atoms with Gasteiger partial charge in [0.2, 0.25) is 23.9 Å². The number of rotatable bonds is 28. The van der Waals surface area contributed by atoms with Gasteiger partial charge in [0.05, 0.1) is 31.1 Å². The first-order valence-corrected chi connectivity index (χ1v) is 24.7. The molecule has 1 saturated carbocycles. The zero-order valence-electron chi connectivity index (χ0n) is 40.5. The van der Waals surface area contributed by atoms with Crippen LogP contribution in [0.2, 0.25) is 0 Å². The number of halogens is 2. The van der Waals surface area contributed by atoms with Gasteiger partial charge in [-0.15, -0.1) is 0 Å². The number of thioether (sulfide) groups is 2. The van der Waals surface area contributed by atoms with Gasteiger partial charge in [0, 0.05) is 53.3 Å². The van der Waals surface area contributed by atoms with Crippen LogP contribution in [0, 0.1) is 5.41 Å². The zero-order chi connectivity index (χ0) is 51.7. The molecule has 1 aromatic rings. The van der Waals surface area contributed by atoms with E-state index in [1.54, 1.807) is 11.8 Å². The smallest absolute Gasteiger partial charge is 0.351 e. The van der Waals surface area contributed by atoms with Crippen molar-refractivity contribution in [2.45, 2.75) is 152 Å². The second kappa shape index (κ2) is 26.7. The van der Waals surface area contributed by atoms with Crippen LogP contribution in [-0.2, 0) is 57.2 Å². The highest BCUT2D eigenvalue weighted by molar-refractivity contribution is 8.04. The lowest BCUT2D eigenvalue weighted by Crippen LogP contribution is -2.53. The number of aromatic nitrogens is 2. The Morgan fingerprint density at radius 1 is 0.913 bits per heavy atom. The highest BCUT2D eigenvalue weighted by atomic mass is 32.2. The number of anilines is 1. The molecule has 1 aliphatic carbocycles. The Bertz CT molecular complexity index is 1980. The number of alkyl halides is 2. The third-order valence-electron chi connectivity index (χ3n) is 10.3. The number of carbonyl (C=O) groups excluding carboxylic acids is 7. The number of carbonyl (C=O) groups is 7. The number of hydrogen-bond acceptors (Lipinski definition) is 19. The number of aldehydes is 1. The molecule has 0 aromatic carbocycles. The molecule has 69 heavy (non-hydrogen) atoms. The van der Waals surface area contributed by atoms with E-state index in [1.807, 2.05) is 55.4 Å². The van der Waals surface area contributed by atoms with Crippen molar-refractivity contribution >= 4 is 71.3 Å². The van der Waals surface area contributed by atoms with Crippen molar-refractivity contribution < 1.29 is 71.1 Å². The van der Waals surface area contributed by atoms with Gasteiger partial charge in [-0.1, -0.05) is 20.8 Å². The summed E-state index contributed by atoms with van der Waals surface area (Å²) >= 11 is 3.09. The average molecular weight is 1020 g/mol. The summed E-state index contributed by atoms with van der Waals surface area (Å²) in [6, 6.07) is -0.523. The van der Waals surface area contributed by atoms with Gasteiger partial charge < -0.3 is 55.8 Å². The van der Waals surface area contributed by atoms with Crippen LogP contribution in [0.15, 0.2) is 17.1 Å². The van der Waals surface area contributed by atoms with Crippen molar-refractivity contribution in [1.82, 2.24) is 30.8 Å². The molecule has 1 saturated heterocycles. The Hall–Kier alpha value is -4.43. The van der Waals surface area contributed by atoms with Crippen LogP contribution in [0.3, 0.4) is 0 Å². The van der Waals surface area contributed by atoms with Crippen molar-refractivity contribution in [1.29, 1.82) is 0 Å². The number of nitrogen functional groups attached to an aromatic ring is 1. The first-order chi connectivity index (χ1) is 32.1. The summed E-state index contributed by atoms with van der Waals surface area (Å²) in [5, 5.41) is 21.9. The van der Waals surface area contributed by atoms with E-state index in [0.29, 0.717) is 29.6 Å². The molecular formula is C44H69F2N7O14S2. The van der Waals surface area contributed by atoms with Crippen molar-refractivity contribution in [3.63, 3.8) is 0 Å². The Morgan fingerprint density at radius 3 is 2.04 bits per heavy atom. The van der Waals surface area contributed by atoms with Gasteiger partial charge in [0.1, 0.15) is 31.2 Å². The van der Waals surface area contributed by atoms with Gasteiger partial charge in [-0.3, -0.25) is 33.3 Å². The van der Waals surface area contributed by atoms with E-state index in [4.69, 9.17) is 29.4 Å². The number of nitrogens with one attached hydrogen (secondary N) is 4. The third-order valence-corrected chi connectivity index (χ3v) is 13.6. The number of aliphatic hydroxyl groups is 1. The predicted octanol–water partition coefficient (Wildman–Crippen LogP) is 1.42. The summed E-state index contributed by atoms with van der Waals surface area (Å²) in [5.74, 6) is -7.54. The zero-order valence-corrected chi connectivity index (χ0v) is 42.1. The van der Waals surface area contributed by atoms with Crippen LogP contribution in [0.5, 0.6) is 0 Å². The molecule has 21 nitrogen and oxygen atoms in total. The largest absolute Gasteiger partial charge is 0.460 e. The van der Waals surface area contributed by atoms with Gasteiger partial charge in [-0.05, 0) is 65.4 Å². The van der Waals surface area contributed by atoms with Gasteiger partial charge in [0.25, 0.3) is 0 Å². The highest BCUT2D eigenvalue weighted by Crippen LogP contribution is 2.43. The lowest BCUT2D eigenvalue weighted by atomic mass is 9.96. The molecule has 3 amide bonds. The molecule has 1 aliphatic heterocycles. The van der Waals surface area contributed by atoms with Crippen LogP contribution in [-0.4, -0.2) is 159 Å². The topological polar surface area (TPSA) is 295 Å². The normalized spacial score (nSPS) is 20.9. The summed E-state index contributed by atoms with van der Waals surface area (Å²) in [6.45, 7) is 13.8. The van der Waals surface area contributed by atoms with Crippen LogP contribution in [0.4, 0.5) is 14.6 Å². The lowest BCUT2D eigenvalue weighted by molar-refractivity contribution is -0.162.